The van der Waals surface area contributed by atoms with Crippen molar-refractivity contribution < 1.29 is 14.7 Å². The first kappa shape index (κ1) is 25.4. The van der Waals surface area contributed by atoms with Crippen LogP contribution in [0.25, 0.3) is 10.9 Å². The average molecular weight is 482 g/mol. The van der Waals surface area contributed by atoms with E-state index in [1.54, 1.807) is 4.57 Å². The van der Waals surface area contributed by atoms with Crippen molar-refractivity contribution in [2.45, 2.75) is 58.8 Å². The largest absolute Gasteiger partial charge is 0.481 e. The molecule has 1 unspecified atom stereocenters. The van der Waals surface area contributed by atoms with Gasteiger partial charge in [-0.15, -0.1) is 0 Å². The summed E-state index contributed by atoms with van der Waals surface area (Å²) in [6.07, 6.45) is 5.12. The maximum atomic E-state index is 13.6. The number of carboxylic acid groups (broad SMARTS) is 1. The Bertz CT molecular complexity index is 1350. The lowest BCUT2D eigenvalue weighted by molar-refractivity contribution is -0.137. The number of fused-ring (bicyclic) bond motifs is 1. The second-order valence-corrected chi connectivity index (χ2v) is 10.2. The normalized spacial score (nSPS) is 12.2. The van der Waals surface area contributed by atoms with E-state index in [-0.39, 0.29) is 12.3 Å². The predicted octanol–water partition coefficient (Wildman–Crippen LogP) is 7.28. The zero-order valence-electron chi connectivity index (χ0n) is 21.4. The number of carbonyl (C=O) groups excluding carboxylic acids is 1. The number of aliphatic carboxylic acids is 1. The molecule has 0 amide bonds. The van der Waals surface area contributed by atoms with E-state index in [2.05, 4.69) is 51.1 Å². The molecule has 3 aromatic carbocycles. The minimum absolute atomic E-state index is 0.0665. The number of carbonyl (C=O) groups is 2. The van der Waals surface area contributed by atoms with E-state index in [4.69, 9.17) is 5.11 Å². The van der Waals surface area contributed by atoms with Crippen molar-refractivity contribution in [2.24, 2.45) is 5.92 Å². The monoisotopic (exact) mass is 481 g/mol. The van der Waals surface area contributed by atoms with Crippen molar-refractivity contribution in [3.05, 3.63) is 107 Å². The minimum atomic E-state index is -0.799. The summed E-state index contributed by atoms with van der Waals surface area (Å²) in [5.41, 5.74) is 6.33. The van der Waals surface area contributed by atoms with Crippen molar-refractivity contribution in [3.8, 4) is 0 Å². The highest BCUT2D eigenvalue weighted by molar-refractivity contribution is 6.03. The van der Waals surface area contributed by atoms with Gasteiger partial charge >= 0.3 is 5.97 Å². The van der Waals surface area contributed by atoms with Crippen LogP contribution in [-0.2, 0) is 24.1 Å². The van der Waals surface area contributed by atoms with E-state index in [1.807, 2.05) is 48.7 Å². The van der Waals surface area contributed by atoms with Gasteiger partial charge in [0.2, 0.25) is 0 Å². The molecule has 4 nitrogen and oxygen atoms in total. The van der Waals surface area contributed by atoms with Crippen molar-refractivity contribution in [1.29, 1.82) is 0 Å². The lowest BCUT2D eigenvalue weighted by Gasteiger charge is -2.14. The molecule has 4 rings (SSSR count). The molecule has 1 heterocycles. The fraction of sp³-hybridized carbons (Fsp3) is 0.312. The summed E-state index contributed by atoms with van der Waals surface area (Å²) < 4.78 is 1.71. The number of aryl methyl sites for hydroxylation is 1. The minimum Gasteiger partial charge on any atom is -0.481 e. The number of aromatic nitrogens is 1. The molecule has 4 heteroatoms. The van der Waals surface area contributed by atoms with E-state index in [9.17, 15) is 9.59 Å². The summed E-state index contributed by atoms with van der Waals surface area (Å²) in [4.78, 5) is 24.5. The Labute approximate surface area is 213 Å². The first-order valence-electron chi connectivity index (χ1n) is 12.8. The number of hydrogen-bond donors (Lipinski definition) is 1. The van der Waals surface area contributed by atoms with Gasteiger partial charge in [0.05, 0.1) is 5.52 Å². The third-order valence-electron chi connectivity index (χ3n) is 6.76. The highest BCUT2D eigenvalue weighted by Gasteiger charge is 2.16. The van der Waals surface area contributed by atoms with Gasteiger partial charge in [0.1, 0.15) is 0 Å². The Kier molecular flexibility index (Phi) is 8.04. The third-order valence-corrected chi connectivity index (χ3v) is 6.76. The highest BCUT2D eigenvalue weighted by Crippen LogP contribution is 2.26. The topological polar surface area (TPSA) is 59.3 Å². The summed E-state index contributed by atoms with van der Waals surface area (Å²) in [6, 6.07) is 24.7. The van der Waals surface area contributed by atoms with Gasteiger partial charge in [-0.05, 0) is 78.0 Å². The van der Waals surface area contributed by atoms with Gasteiger partial charge in [-0.3, -0.25) is 14.2 Å². The van der Waals surface area contributed by atoms with Crippen LogP contribution in [0.2, 0.25) is 0 Å². The Balaban J connectivity index is 1.53. The molecular weight excluding hydrogens is 446 g/mol. The molecule has 0 aliphatic rings. The first-order valence-corrected chi connectivity index (χ1v) is 12.8. The van der Waals surface area contributed by atoms with Crippen LogP contribution in [0, 0.1) is 5.92 Å². The van der Waals surface area contributed by atoms with E-state index in [0.717, 1.165) is 34.9 Å². The van der Waals surface area contributed by atoms with Crippen LogP contribution in [0.4, 0.5) is 0 Å². The molecule has 0 saturated heterocycles. The molecule has 0 saturated carbocycles. The van der Waals surface area contributed by atoms with E-state index >= 15 is 0 Å². The van der Waals surface area contributed by atoms with Crippen LogP contribution in [0.15, 0.2) is 79.0 Å². The van der Waals surface area contributed by atoms with Gasteiger partial charge in [0.15, 0.2) is 0 Å². The van der Waals surface area contributed by atoms with Crippen LogP contribution >= 0.6 is 0 Å². The Morgan fingerprint density at radius 1 is 0.861 bits per heavy atom. The number of carboxylic acids is 1. The predicted molar refractivity (Wildman–Crippen MR) is 146 cm³/mol. The molecule has 0 radical (unpaired) electrons. The number of rotatable bonds is 10. The maximum absolute atomic E-state index is 13.6. The van der Waals surface area contributed by atoms with Gasteiger partial charge in [-0.2, -0.15) is 0 Å². The van der Waals surface area contributed by atoms with Crippen molar-refractivity contribution >= 4 is 22.8 Å². The Morgan fingerprint density at radius 3 is 2.33 bits per heavy atom. The number of para-hydroxylation sites is 1. The van der Waals surface area contributed by atoms with E-state index in [1.165, 1.54) is 11.1 Å². The maximum Gasteiger partial charge on any atom is 0.303 e. The molecule has 186 valence electrons. The summed E-state index contributed by atoms with van der Waals surface area (Å²) in [6.45, 7) is 6.71. The fourth-order valence-electron chi connectivity index (χ4n) is 4.94. The SMILES string of the molecule is CC(C)Cc1ccc(C(C)Cc2cccc(C(=O)n3cc(CCCC(=O)O)c4ccccc43)c2)cc1. The van der Waals surface area contributed by atoms with Crippen LogP contribution in [0.1, 0.15) is 72.1 Å². The molecule has 0 bridgehead atoms. The zero-order chi connectivity index (χ0) is 25.7. The van der Waals surface area contributed by atoms with Gasteiger partial charge in [-0.25, -0.2) is 0 Å². The summed E-state index contributed by atoms with van der Waals surface area (Å²) in [5.74, 6) is 0.124. The zero-order valence-corrected chi connectivity index (χ0v) is 21.4. The lowest BCUT2D eigenvalue weighted by atomic mass is 9.91. The van der Waals surface area contributed by atoms with Crippen LogP contribution in [-0.4, -0.2) is 21.6 Å². The van der Waals surface area contributed by atoms with Gasteiger partial charge in [-0.1, -0.05) is 75.4 Å². The fourth-order valence-corrected chi connectivity index (χ4v) is 4.94. The molecule has 1 N–H and O–H groups in total. The Hall–Kier alpha value is -3.66. The average Bonchev–Trinajstić information content (AvgIpc) is 3.22. The van der Waals surface area contributed by atoms with Crippen molar-refractivity contribution in [2.75, 3.05) is 0 Å². The second kappa shape index (κ2) is 11.4. The van der Waals surface area contributed by atoms with Crippen LogP contribution < -0.4 is 0 Å². The van der Waals surface area contributed by atoms with Crippen molar-refractivity contribution in [3.63, 3.8) is 0 Å². The first-order chi connectivity index (χ1) is 17.3. The Morgan fingerprint density at radius 2 is 1.61 bits per heavy atom. The molecule has 0 fully saturated rings. The van der Waals surface area contributed by atoms with Crippen molar-refractivity contribution in [1.82, 2.24) is 4.57 Å². The van der Waals surface area contributed by atoms with E-state index in [0.29, 0.717) is 30.2 Å². The molecule has 0 spiro atoms. The van der Waals surface area contributed by atoms with Crippen LogP contribution in [0.3, 0.4) is 0 Å². The molecule has 4 aromatic rings. The van der Waals surface area contributed by atoms with Gasteiger partial charge in [0, 0.05) is 23.6 Å². The van der Waals surface area contributed by atoms with Gasteiger partial charge in [0.25, 0.3) is 5.91 Å². The number of benzene rings is 3. The summed E-state index contributed by atoms with van der Waals surface area (Å²) in [7, 11) is 0. The summed E-state index contributed by atoms with van der Waals surface area (Å²) >= 11 is 0. The third kappa shape index (κ3) is 6.12. The molecule has 36 heavy (non-hydrogen) atoms. The number of nitrogens with zero attached hydrogens (tertiary/aromatic N) is 1. The smallest absolute Gasteiger partial charge is 0.303 e. The molecule has 0 aliphatic heterocycles. The molecule has 1 atom stereocenters. The summed E-state index contributed by atoms with van der Waals surface area (Å²) in [5, 5.41) is 9.99. The van der Waals surface area contributed by atoms with E-state index < -0.39 is 5.97 Å². The quantitative estimate of drug-likeness (QED) is 0.259. The lowest BCUT2D eigenvalue weighted by Crippen LogP contribution is -2.11. The van der Waals surface area contributed by atoms with Gasteiger partial charge < -0.3 is 5.11 Å². The molecule has 0 aliphatic carbocycles. The standard InChI is InChI=1S/C32H35NO3/c1-22(2)18-24-14-16-26(17-15-24)23(3)19-25-8-6-9-27(20-25)32(36)33-21-28(10-7-13-31(34)35)29-11-4-5-12-30(29)33/h4-6,8-9,11-12,14-17,20-23H,7,10,13,18-19H2,1-3H3,(H,34,35). The highest BCUT2D eigenvalue weighted by atomic mass is 16.4. The van der Waals surface area contributed by atoms with Crippen LogP contribution in [0.5, 0.6) is 0 Å². The molecular formula is C32H35NO3. The second-order valence-electron chi connectivity index (χ2n) is 10.2. The molecule has 1 aromatic heterocycles. The number of hydrogen-bond acceptors (Lipinski definition) is 2.